The summed E-state index contributed by atoms with van der Waals surface area (Å²) in [7, 11) is 0. The fraction of sp³-hybridized carbons (Fsp3) is 0. The number of hydrogen-bond donors (Lipinski definition) is 0. The van der Waals surface area contributed by atoms with Gasteiger partial charge in [0.05, 0.1) is 37.4 Å². The van der Waals surface area contributed by atoms with Crippen LogP contribution in [0.4, 0.5) is 0 Å². The van der Waals surface area contributed by atoms with Crippen LogP contribution < -0.4 is 0 Å². The molecule has 1 heterocycles. The van der Waals surface area contributed by atoms with Gasteiger partial charge in [0.1, 0.15) is 25.1 Å². The van der Waals surface area contributed by atoms with E-state index in [9.17, 15) is 0 Å². The molecule has 1 aromatic rings. The molecule has 0 amide bonds. The minimum atomic E-state index is 1.35. The quantitative estimate of drug-likeness (QED) is 0.555. The SMILES string of the molecule is c1cncccoccccocccncccnccoccoccnc1. The number of hydrogen-bond acceptors (Lipinski definition) is 8. The third-order valence-electron chi connectivity index (χ3n) is 2.44. The lowest BCUT2D eigenvalue weighted by Gasteiger charge is -1.72. The van der Waals surface area contributed by atoms with E-state index in [1.165, 1.54) is 62.5 Å². The maximum atomic E-state index is 5.12. The first-order valence-electron chi connectivity index (χ1n) is 8.62. The van der Waals surface area contributed by atoms with Gasteiger partial charge in [0.15, 0.2) is 0 Å². The predicted molar refractivity (Wildman–Crippen MR) is 110 cm³/mol. The van der Waals surface area contributed by atoms with Gasteiger partial charge in [-0.05, 0) is 36.4 Å². The van der Waals surface area contributed by atoms with Crippen molar-refractivity contribution in [2.45, 2.75) is 0 Å². The minimum Gasteiger partial charge on any atom is -0.473 e. The summed E-state index contributed by atoms with van der Waals surface area (Å²) >= 11 is 0. The molecule has 8 heteroatoms. The monoisotopic (exact) mass is 406 g/mol. The van der Waals surface area contributed by atoms with Crippen molar-refractivity contribution < 1.29 is 17.7 Å². The summed E-state index contributed by atoms with van der Waals surface area (Å²) in [4.78, 5) is 15.9. The standard InChI is InChI=1S/C22H22N4O4/c1-2-16-28-18-6-12-24-8-4-10-26-14-20-30-22-21-29-19-13-25-9-3-7-23-11-5-17-27-15-1/h1-22H. The van der Waals surface area contributed by atoms with Gasteiger partial charge in [0.2, 0.25) is 0 Å². The average molecular weight is 406 g/mol. The molecule has 0 radical (unpaired) electrons. The summed E-state index contributed by atoms with van der Waals surface area (Å²) in [6.45, 7) is 0. The topological polar surface area (TPSA) is 104 Å². The molecule has 0 N–H and O–H groups in total. The van der Waals surface area contributed by atoms with Crippen LogP contribution in [0.25, 0.3) is 0 Å². The molecule has 8 nitrogen and oxygen atoms in total. The van der Waals surface area contributed by atoms with Gasteiger partial charge in [-0.3, -0.25) is 19.9 Å². The van der Waals surface area contributed by atoms with Crippen LogP contribution in [0.5, 0.6) is 0 Å². The second-order valence-corrected chi connectivity index (χ2v) is 4.58. The smallest absolute Gasteiger partial charge is 0.125 e. The normalized spacial score (nSPS) is 8.00. The van der Waals surface area contributed by atoms with E-state index in [2.05, 4.69) is 19.9 Å². The van der Waals surface area contributed by atoms with E-state index in [0.717, 1.165) is 0 Å². The van der Waals surface area contributed by atoms with Gasteiger partial charge >= 0.3 is 0 Å². The Labute approximate surface area is 174 Å². The van der Waals surface area contributed by atoms with Crippen LogP contribution in [0.1, 0.15) is 0 Å². The Kier molecular flexibility index (Phi) is 16.4. The third kappa shape index (κ3) is 18.3. The maximum absolute atomic E-state index is 5.12. The molecule has 0 atom stereocenters. The Morgan fingerprint density at radius 2 is 0.600 bits per heavy atom. The molecule has 0 spiro atoms. The van der Waals surface area contributed by atoms with Gasteiger partial charge in [0, 0.05) is 37.2 Å². The van der Waals surface area contributed by atoms with Crippen molar-refractivity contribution in [1.29, 1.82) is 0 Å². The summed E-state index contributed by atoms with van der Waals surface area (Å²) in [5.74, 6) is 0. The molecular weight excluding hydrogens is 384 g/mol. The maximum Gasteiger partial charge on any atom is 0.125 e. The van der Waals surface area contributed by atoms with Crippen LogP contribution in [0, 0.1) is 0 Å². The van der Waals surface area contributed by atoms with Crippen LogP contribution in [-0.2, 0) is 0 Å². The molecule has 0 aliphatic heterocycles. The second-order valence-electron chi connectivity index (χ2n) is 4.58. The van der Waals surface area contributed by atoms with Crippen LogP contribution >= 0.6 is 0 Å². The lowest BCUT2D eigenvalue weighted by molar-refractivity contribution is 0.495. The van der Waals surface area contributed by atoms with Crippen LogP contribution in [0.15, 0.2) is 154 Å². The number of rotatable bonds is 0. The van der Waals surface area contributed by atoms with Crippen molar-refractivity contribution in [1.82, 2.24) is 19.9 Å². The molecular formula is C22H22N4O4. The van der Waals surface area contributed by atoms with E-state index >= 15 is 0 Å². The number of nitrogens with zero attached hydrogens (tertiary/aromatic N) is 4. The molecule has 1 rings (SSSR count). The Morgan fingerprint density at radius 1 is 0.267 bits per heavy atom. The highest BCUT2D eigenvalue weighted by Gasteiger charge is 1.61. The van der Waals surface area contributed by atoms with Crippen LogP contribution in [-0.4, -0.2) is 19.9 Å². The van der Waals surface area contributed by atoms with Crippen molar-refractivity contribution in [3.05, 3.63) is 136 Å². The van der Waals surface area contributed by atoms with Crippen molar-refractivity contribution in [2.75, 3.05) is 0 Å². The molecule has 0 fully saturated rings. The van der Waals surface area contributed by atoms with Crippen molar-refractivity contribution in [2.24, 2.45) is 0 Å². The van der Waals surface area contributed by atoms with E-state index in [-0.39, 0.29) is 0 Å². The van der Waals surface area contributed by atoms with Gasteiger partial charge in [-0.1, -0.05) is 0 Å². The first kappa shape index (κ1) is 23.6. The highest BCUT2D eigenvalue weighted by atomic mass is 16.4. The second kappa shape index (κ2) is 20.8. The predicted octanol–water partition coefficient (Wildman–Crippen LogP) is 5.51. The lowest BCUT2D eigenvalue weighted by Crippen LogP contribution is -1.58. The molecule has 0 aliphatic rings. The summed E-state index contributed by atoms with van der Waals surface area (Å²) in [6, 6.07) is 9.97. The largest absolute Gasteiger partial charge is 0.473 e. The van der Waals surface area contributed by atoms with Gasteiger partial charge in [-0.2, -0.15) is 0 Å². The molecule has 0 saturated carbocycles. The summed E-state index contributed by atoms with van der Waals surface area (Å²) in [6.07, 6.45) is 23.8. The summed E-state index contributed by atoms with van der Waals surface area (Å²) < 4.78 is 20.3. The first-order chi connectivity index (χ1) is 15.0. The van der Waals surface area contributed by atoms with E-state index in [1.54, 1.807) is 73.6 Å². The Balaban J connectivity index is 3.00. The summed E-state index contributed by atoms with van der Waals surface area (Å²) in [5.41, 5.74) is 0. The van der Waals surface area contributed by atoms with E-state index in [1.807, 2.05) is 0 Å². The third-order valence-corrected chi connectivity index (χ3v) is 2.44. The minimum absolute atomic E-state index is 1.35. The highest BCUT2D eigenvalue weighted by Crippen LogP contribution is 1.78. The fourth-order valence-corrected chi connectivity index (χ4v) is 1.30. The molecule has 154 valence electrons. The molecule has 0 aliphatic carbocycles. The van der Waals surface area contributed by atoms with Crippen molar-refractivity contribution in [3.63, 3.8) is 0 Å². The van der Waals surface area contributed by atoms with E-state index in [4.69, 9.17) is 17.7 Å². The van der Waals surface area contributed by atoms with Gasteiger partial charge < -0.3 is 17.7 Å². The zero-order valence-corrected chi connectivity index (χ0v) is 16.1. The zero-order chi connectivity index (χ0) is 21.2. The molecule has 0 bridgehead atoms. The van der Waals surface area contributed by atoms with Crippen molar-refractivity contribution in [3.8, 4) is 0 Å². The Hall–Kier alpha value is -4.46. The fourth-order valence-electron chi connectivity index (χ4n) is 1.30. The van der Waals surface area contributed by atoms with Crippen LogP contribution in [0.3, 0.4) is 0 Å². The molecule has 0 aromatic carbocycles. The Bertz CT molecular complexity index is 576. The molecule has 30 heavy (non-hydrogen) atoms. The first-order valence-corrected chi connectivity index (χ1v) is 8.62. The zero-order valence-electron chi connectivity index (χ0n) is 16.1. The lowest BCUT2D eigenvalue weighted by atomic mass is 10.6. The van der Waals surface area contributed by atoms with E-state index in [0.29, 0.717) is 0 Å². The molecule has 0 unspecified atom stereocenters. The molecule has 1 aromatic heterocycles. The highest BCUT2D eigenvalue weighted by molar-refractivity contribution is 4.78. The van der Waals surface area contributed by atoms with Gasteiger partial charge in [0.25, 0.3) is 0 Å². The Morgan fingerprint density at radius 3 is 1.07 bits per heavy atom. The van der Waals surface area contributed by atoms with E-state index < -0.39 is 0 Å². The molecule has 0 saturated heterocycles. The summed E-state index contributed by atoms with van der Waals surface area (Å²) in [5, 5.41) is 0. The van der Waals surface area contributed by atoms with Crippen molar-refractivity contribution >= 4 is 0 Å². The average Bonchev–Trinajstić information content (AvgIpc) is 2.76. The van der Waals surface area contributed by atoms with Gasteiger partial charge in [-0.25, -0.2) is 0 Å². The van der Waals surface area contributed by atoms with Crippen LogP contribution in [0.2, 0.25) is 0 Å². The van der Waals surface area contributed by atoms with Gasteiger partial charge in [-0.15, -0.1) is 0 Å². The number of aromatic nitrogens is 4.